The van der Waals surface area contributed by atoms with Crippen molar-refractivity contribution in [3.63, 3.8) is 0 Å². The van der Waals surface area contributed by atoms with Crippen LogP contribution in [-0.2, 0) is 4.74 Å². The lowest BCUT2D eigenvalue weighted by Crippen LogP contribution is -2.86. The minimum atomic E-state index is 0.146. The van der Waals surface area contributed by atoms with Crippen LogP contribution in [0.3, 0.4) is 0 Å². The molecule has 0 spiro atoms. The molecule has 2 aromatic carbocycles. The molecular weight excluding hydrogens is 402 g/mol. The fourth-order valence-corrected chi connectivity index (χ4v) is 5.55. The van der Waals surface area contributed by atoms with Crippen LogP contribution in [0, 0.1) is 5.92 Å². The van der Waals surface area contributed by atoms with E-state index in [-0.39, 0.29) is 11.9 Å². The first-order valence-electron chi connectivity index (χ1n) is 11.8. The molecule has 4 aliphatic rings. The Labute approximate surface area is 188 Å². The van der Waals surface area contributed by atoms with E-state index in [1.54, 1.807) is 0 Å². The standard InChI is InChI=1S/C26H29N3O3/c30-26(27-22-17-28-10-8-18(22)9-11-28)24-16-19-4-3-6-21(25(19)32-24)20-5-1-2-7-23(20)29-12-14-31-15-13-29/h1-7,16,18,22H,8-15,17H2,(H,27,30)/p+1/t22-/m0/s1. The number of ether oxygens (including phenoxy) is 1. The van der Waals surface area contributed by atoms with Crippen LogP contribution in [0.4, 0.5) is 5.69 Å². The van der Waals surface area contributed by atoms with Gasteiger partial charge in [-0.3, -0.25) is 4.90 Å². The van der Waals surface area contributed by atoms with E-state index in [0.717, 1.165) is 54.9 Å². The Hall–Kier alpha value is -2.83. The van der Waals surface area contributed by atoms with E-state index in [1.165, 1.54) is 31.6 Å². The lowest BCUT2D eigenvalue weighted by Gasteiger charge is -2.40. The average Bonchev–Trinajstić information content (AvgIpc) is 3.30. The maximum Gasteiger partial charge on any atom is 0.402 e. The van der Waals surface area contributed by atoms with Gasteiger partial charge >= 0.3 is 5.90 Å². The third kappa shape index (κ3) is 3.57. The fraction of sp³-hybridized carbons (Fsp3) is 0.423. The summed E-state index contributed by atoms with van der Waals surface area (Å²) in [5.74, 6) is 1.28. The van der Waals surface area contributed by atoms with Crippen molar-refractivity contribution in [2.75, 3.05) is 50.8 Å². The summed E-state index contributed by atoms with van der Waals surface area (Å²) < 4.78 is 11.8. The second-order valence-corrected chi connectivity index (χ2v) is 9.19. The third-order valence-electron chi connectivity index (χ3n) is 7.30. The van der Waals surface area contributed by atoms with Crippen LogP contribution in [0.15, 0.2) is 52.9 Å². The Morgan fingerprint density at radius 2 is 1.72 bits per heavy atom. The zero-order valence-electron chi connectivity index (χ0n) is 18.3. The number of aliphatic hydroxyl groups excluding tert-OH is 1. The highest BCUT2D eigenvalue weighted by Crippen LogP contribution is 2.37. The molecule has 2 N–H and O–H groups in total. The quantitative estimate of drug-likeness (QED) is 0.490. The summed E-state index contributed by atoms with van der Waals surface area (Å²) in [5, 5.41) is 11.9. The molecule has 2 bridgehead atoms. The zero-order valence-corrected chi connectivity index (χ0v) is 18.3. The van der Waals surface area contributed by atoms with Gasteiger partial charge < -0.3 is 19.2 Å². The zero-order chi connectivity index (χ0) is 21.5. The highest BCUT2D eigenvalue weighted by atomic mass is 16.5. The molecule has 6 heteroatoms. The fourth-order valence-electron chi connectivity index (χ4n) is 5.55. The van der Waals surface area contributed by atoms with Crippen molar-refractivity contribution >= 4 is 22.6 Å². The van der Waals surface area contributed by atoms with E-state index in [4.69, 9.17) is 9.15 Å². The van der Waals surface area contributed by atoms with Crippen molar-refractivity contribution in [1.29, 1.82) is 0 Å². The molecule has 0 unspecified atom stereocenters. The Morgan fingerprint density at radius 3 is 2.50 bits per heavy atom. The van der Waals surface area contributed by atoms with Crippen LogP contribution in [0.25, 0.3) is 22.1 Å². The predicted molar refractivity (Wildman–Crippen MR) is 125 cm³/mol. The molecule has 4 fully saturated rings. The summed E-state index contributed by atoms with van der Waals surface area (Å²) >= 11 is 0. The molecule has 0 saturated carbocycles. The van der Waals surface area contributed by atoms with Crippen molar-refractivity contribution in [1.82, 2.24) is 4.90 Å². The van der Waals surface area contributed by atoms with Gasteiger partial charge in [-0.25, -0.2) is 4.99 Å². The molecule has 6 nitrogen and oxygen atoms in total. The van der Waals surface area contributed by atoms with Crippen molar-refractivity contribution in [2.24, 2.45) is 5.92 Å². The lowest BCUT2D eigenvalue weighted by atomic mass is 9.84. The first kappa shape index (κ1) is 19.8. The Balaban J connectivity index is 1.36. The van der Waals surface area contributed by atoms with Gasteiger partial charge in [0.05, 0.1) is 19.8 Å². The van der Waals surface area contributed by atoms with E-state index < -0.39 is 0 Å². The molecule has 3 aromatic rings. The molecule has 4 saturated heterocycles. The van der Waals surface area contributed by atoms with Crippen LogP contribution in [0.2, 0.25) is 0 Å². The number of benzene rings is 2. The number of morpholine rings is 1. The normalized spacial score (nSPS) is 26.1. The molecule has 0 aliphatic carbocycles. The highest BCUT2D eigenvalue weighted by molar-refractivity contribution is 5.99. The number of para-hydroxylation sites is 2. The number of fused-ring (bicyclic) bond motifs is 4. The SMILES string of the molecule is OC(=[NH+][C@H]1CN2CCC1CC2)c1cc2cccc(-c3ccccc3N3CCOCC3)c2o1. The van der Waals surface area contributed by atoms with E-state index in [1.807, 2.05) is 12.1 Å². The van der Waals surface area contributed by atoms with Gasteiger partial charge in [-0.2, -0.15) is 0 Å². The molecule has 4 aliphatic heterocycles. The number of furan rings is 1. The number of anilines is 1. The summed E-state index contributed by atoms with van der Waals surface area (Å²) in [4.78, 5) is 8.22. The maximum atomic E-state index is 10.9. The van der Waals surface area contributed by atoms with Gasteiger partial charge in [-0.05, 0) is 32.0 Å². The van der Waals surface area contributed by atoms with Crippen LogP contribution >= 0.6 is 0 Å². The molecule has 32 heavy (non-hydrogen) atoms. The number of rotatable bonds is 4. The van der Waals surface area contributed by atoms with Crippen molar-refractivity contribution < 1.29 is 19.3 Å². The molecule has 1 atom stereocenters. The van der Waals surface area contributed by atoms with Crippen LogP contribution in [0.1, 0.15) is 18.6 Å². The number of hydrogen-bond donors (Lipinski definition) is 2. The Morgan fingerprint density at radius 1 is 0.938 bits per heavy atom. The van der Waals surface area contributed by atoms with Gasteiger partial charge in [0, 0.05) is 47.3 Å². The Bertz CT molecular complexity index is 1140. The van der Waals surface area contributed by atoms with E-state index in [2.05, 4.69) is 51.2 Å². The minimum Gasteiger partial charge on any atom is -0.457 e. The van der Waals surface area contributed by atoms with Crippen LogP contribution < -0.4 is 9.89 Å². The molecule has 166 valence electrons. The molecule has 5 heterocycles. The van der Waals surface area contributed by atoms with E-state index in [9.17, 15) is 5.11 Å². The monoisotopic (exact) mass is 432 g/mol. The molecule has 0 radical (unpaired) electrons. The number of piperidine rings is 3. The molecular formula is C26H30N3O3+. The highest BCUT2D eigenvalue weighted by Gasteiger charge is 2.38. The lowest BCUT2D eigenvalue weighted by molar-refractivity contribution is -0.529. The van der Waals surface area contributed by atoms with Crippen LogP contribution in [0.5, 0.6) is 0 Å². The predicted octanol–water partition coefficient (Wildman–Crippen LogP) is 2.42. The second-order valence-electron chi connectivity index (χ2n) is 9.19. The first-order valence-corrected chi connectivity index (χ1v) is 11.8. The average molecular weight is 433 g/mol. The molecule has 0 amide bonds. The summed E-state index contributed by atoms with van der Waals surface area (Å²) in [6.07, 6.45) is 2.40. The van der Waals surface area contributed by atoms with Gasteiger partial charge in [-0.1, -0.05) is 36.4 Å². The minimum absolute atomic E-state index is 0.146. The largest absolute Gasteiger partial charge is 0.457 e. The van der Waals surface area contributed by atoms with Gasteiger partial charge in [0.15, 0.2) is 6.04 Å². The maximum absolute atomic E-state index is 10.9. The van der Waals surface area contributed by atoms with E-state index in [0.29, 0.717) is 11.7 Å². The number of hydrogen-bond acceptors (Lipinski definition) is 4. The van der Waals surface area contributed by atoms with Gasteiger partial charge in [0.1, 0.15) is 5.58 Å². The number of nitrogens with zero attached hydrogens (tertiary/aromatic N) is 2. The smallest absolute Gasteiger partial charge is 0.402 e. The van der Waals surface area contributed by atoms with Crippen LogP contribution in [-0.4, -0.2) is 67.9 Å². The number of nitrogens with one attached hydrogen (secondary N) is 1. The Kier molecular flexibility index (Phi) is 5.12. The molecule has 1 aromatic heterocycles. The first-order chi connectivity index (χ1) is 15.8. The third-order valence-corrected chi connectivity index (χ3v) is 7.30. The summed E-state index contributed by atoms with van der Waals surface area (Å²) in [6, 6.07) is 16.9. The van der Waals surface area contributed by atoms with Gasteiger partial charge in [0.25, 0.3) is 0 Å². The summed E-state index contributed by atoms with van der Waals surface area (Å²) in [6.45, 7) is 6.62. The van der Waals surface area contributed by atoms with Crippen molar-refractivity contribution in [2.45, 2.75) is 18.9 Å². The van der Waals surface area contributed by atoms with Crippen molar-refractivity contribution in [3.8, 4) is 11.1 Å². The summed E-state index contributed by atoms with van der Waals surface area (Å²) in [5.41, 5.74) is 4.20. The second kappa shape index (κ2) is 8.26. The van der Waals surface area contributed by atoms with Gasteiger partial charge in [-0.15, -0.1) is 0 Å². The summed E-state index contributed by atoms with van der Waals surface area (Å²) in [7, 11) is 0. The van der Waals surface area contributed by atoms with Crippen molar-refractivity contribution in [3.05, 3.63) is 54.3 Å². The number of aliphatic hydroxyl groups is 1. The molecule has 7 rings (SSSR count). The topological polar surface area (TPSA) is 63.1 Å². The van der Waals surface area contributed by atoms with Gasteiger partial charge in [0.2, 0.25) is 5.76 Å². The van der Waals surface area contributed by atoms with E-state index >= 15 is 0 Å².